The fraction of sp³-hybridized carbons (Fsp3) is 0.429. The number of carbonyl (C=O) groups is 1. The average molecular weight is 420 g/mol. The highest BCUT2D eigenvalue weighted by molar-refractivity contribution is 6.35. The van der Waals surface area contributed by atoms with Gasteiger partial charge in [0.15, 0.2) is 5.75 Å². The summed E-state index contributed by atoms with van der Waals surface area (Å²) in [6.07, 6.45) is 5.24. The number of piperidine rings is 1. The normalized spacial score (nSPS) is 22.6. The van der Waals surface area contributed by atoms with Gasteiger partial charge < -0.3 is 9.64 Å². The number of ether oxygens (including phenoxy) is 1. The number of methoxy groups -OCH3 is 1. The molecule has 1 amide bonds. The number of amides is 1. The van der Waals surface area contributed by atoms with Crippen LogP contribution in [0.3, 0.4) is 0 Å². The van der Waals surface area contributed by atoms with E-state index in [0.717, 1.165) is 37.5 Å². The van der Waals surface area contributed by atoms with Crippen LogP contribution in [0.1, 0.15) is 34.7 Å². The van der Waals surface area contributed by atoms with Crippen molar-refractivity contribution in [2.24, 2.45) is 0 Å². The minimum absolute atomic E-state index is 0.0733. The molecular formula is C21H23Cl2N3O2. The number of piperazine rings is 1. The first-order valence-corrected chi connectivity index (χ1v) is 10.3. The summed E-state index contributed by atoms with van der Waals surface area (Å²) in [5, 5.41) is 1.10. The number of fused-ring (bicyclic) bond motifs is 1. The van der Waals surface area contributed by atoms with Crippen molar-refractivity contribution in [3.8, 4) is 5.75 Å². The maximum atomic E-state index is 13.0. The van der Waals surface area contributed by atoms with E-state index in [1.54, 1.807) is 0 Å². The number of rotatable bonds is 3. The summed E-state index contributed by atoms with van der Waals surface area (Å²) in [7, 11) is 1.52. The van der Waals surface area contributed by atoms with E-state index in [0.29, 0.717) is 34.8 Å². The van der Waals surface area contributed by atoms with Gasteiger partial charge in [-0.15, -0.1) is 0 Å². The molecule has 2 aliphatic rings. The summed E-state index contributed by atoms with van der Waals surface area (Å²) < 4.78 is 5.19. The van der Waals surface area contributed by atoms with Crippen LogP contribution in [0.4, 0.5) is 0 Å². The Morgan fingerprint density at radius 1 is 1.11 bits per heavy atom. The number of carbonyl (C=O) groups excluding carboxylic acids is 1. The molecule has 2 saturated heterocycles. The highest BCUT2D eigenvalue weighted by Gasteiger charge is 2.35. The van der Waals surface area contributed by atoms with Gasteiger partial charge in [0.1, 0.15) is 0 Å². The van der Waals surface area contributed by atoms with Gasteiger partial charge in [-0.2, -0.15) is 0 Å². The molecule has 5 nitrogen and oxygen atoms in total. The van der Waals surface area contributed by atoms with Crippen LogP contribution in [-0.2, 0) is 0 Å². The van der Waals surface area contributed by atoms with Gasteiger partial charge in [-0.25, -0.2) is 0 Å². The van der Waals surface area contributed by atoms with E-state index in [2.05, 4.69) is 22.0 Å². The van der Waals surface area contributed by atoms with E-state index in [1.165, 1.54) is 25.1 Å². The molecule has 0 radical (unpaired) electrons. The SMILES string of the molecule is COc1cncc(C(=O)N2CCN3C[C@@H](c4ccc(Cl)cc4)CC[C@@H]3C2)c1Cl. The zero-order valence-electron chi connectivity index (χ0n) is 15.8. The molecule has 2 fully saturated rings. The predicted octanol–water partition coefficient (Wildman–Crippen LogP) is 4.10. The Morgan fingerprint density at radius 3 is 2.64 bits per heavy atom. The molecule has 4 rings (SSSR count). The number of hydrogen-bond acceptors (Lipinski definition) is 4. The van der Waals surface area contributed by atoms with E-state index in [4.69, 9.17) is 27.9 Å². The van der Waals surface area contributed by atoms with Crippen LogP contribution < -0.4 is 4.74 Å². The van der Waals surface area contributed by atoms with Gasteiger partial charge >= 0.3 is 0 Å². The van der Waals surface area contributed by atoms with Crippen molar-refractivity contribution in [1.82, 2.24) is 14.8 Å². The minimum Gasteiger partial charge on any atom is -0.494 e. The van der Waals surface area contributed by atoms with Gasteiger partial charge in [0.2, 0.25) is 0 Å². The third-order valence-electron chi connectivity index (χ3n) is 5.84. The van der Waals surface area contributed by atoms with Crippen LogP contribution >= 0.6 is 23.2 Å². The van der Waals surface area contributed by atoms with E-state index < -0.39 is 0 Å². The summed E-state index contributed by atoms with van der Waals surface area (Å²) in [5.41, 5.74) is 1.75. The van der Waals surface area contributed by atoms with Crippen LogP contribution in [-0.4, -0.2) is 60.0 Å². The second kappa shape index (κ2) is 8.27. The van der Waals surface area contributed by atoms with Gasteiger partial charge in [0.05, 0.1) is 23.9 Å². The van der Waals surface area contributed by atoms with Gasteiger partial charge in [0, 0.05) is 43.4 Å². The molecule has 2 aromatic rings. The van der Waals surface area contributed by atoms with Gasteiger partial charge in [-0.3, -0.25) is 14.7 Å². The van der Waals surface area contributed by atoms with Crippen molar-refractivity contribution in [3.63, 3.8) is 0 Å². The number of hydrogen-bond donors (Lipinski definition) is 0. The Labute approximate surface area is 175 Å². The van der Waals surface area contributed by atoms with Crippen LogP contribution in [0, 0.1) is 0 Å². The van der Waals surface area contributed by atoms with Crippen molar-refractivity contribution in [3.05, 3.63) is 57.8 Å². The molecule has 0 bridgehead atoms. The highest BCUT2D eigenvalue weighted by atomic mass is 35.5. The Hall–Kier alpha value is -1.82. The second-order valence-electron chi connectivity index (χ2n) is 7.43. The van der Waals surface area contributed by atoms with Crippen LogP contribution in [0.15, 0.2) is 36.7 Å². The van der Waals surface area contributed by atoms with E-state index in [9.17, 15) is 4.79 Å². The van der Waals surface area contributed by atoms with E-state index in [1.807, 2.05) is 17.0 Å². The van der Waals surface area contributed by atoms with Crippen molar-refractivity contribution in [1.29, 1.82) is 0 Å². The molecule has 0 spiro atoms. The first-order valence-electron chi connectivity index (χ1n) is 9.53. The molecule has 3 heterocycles. The molecule has 0 aliphatic carbocycles. The number of aromatic nitrogens is 1. The lowest BCUT2D eigenvalue weighted by Gasteiger charge is -2.46. The topological polar surface area (TPSA) is 45.7 Å². The van der Waals surface area contributed by atoms with Gasteiger partial charge in [-0.1, -0.05) is 35.3 Å². The highest BCUT2D eigenvalue weighted by Crippen LogP contribution is 2.33. The lowest BCUT2D eigenvalue weighted by atomic mass is 9.86. The summed E-state index contributed by atoms with van der Waals surface area (Å²) in [4.78, 5) is 21.5. The third kappa shape index (κ3) is 3.84. The third-order valence-corrected chi connectivity index (χ3v) is 6.48. The molecule has 0 saturated carbocycles. The molecule has 2 aliphatic heterocycles. The Balaban J connectivity index is 1.42. The summed E-state index contributed by atoms with van der Waals surface area (Å²) in [5.74, 6) is 0.873. The van der Waals surface area contributed by atoms with Crippen LogP contribution in [0.5, 0.6) is 5.75 Å². The second-order valence-corrected chi connectivity index (χ2v) is 8.24. The molecule has 28 heavy (non-hydrogen) atoms. The zero-order chi connectivity index (χ0) is 19.7. The molecule has 1 aromatic carbocycles. The number of halogens is 2. The Kier molecular flexibility index (Phi) is 5.76. The van der Waals surface area contributed by atoms with Crippen LogP contribution in [0.25, 0.3) is 0 Å². The molecule has 0 N–H and O–H groups in total. The quantitative estimate of drug-likeness (QED) is 0.750. The Bertz CT molecular complexity index is 859. The van der Waals surface area contributed by atoms with Gasteiger partial charge in [-0.05, 0) is 36.5 Å². The van der Waals surface area contributed by atoms with Crippen molar-refractivity contribution >= 4 is 29.1 Å². The number of nitrogens with zero attached hydrogens (tertiary/aromatic N) is 3. The average Bonchev–Trinajstić information content (AvgIpc) is 2.73. The van der Waals surface area contributed by atoms with Gasteiger partial charge in [0.25, 0.3) is 5.91 Å². The molecule has 148 valence electrons. The summed E-state index contributed by atoms with van der Waals surface area (Å²) >= 11 is 12.3. The van der Waals surface area contributed by atoms with E-state index in [-0.39, 0.29) is 5.91 Å². The first kappa shape index (κ1) is 19.5. The zero-order valence-corrected chi connectivity index (χ0v) is 17.3. The molecule has 1 aromatic heterocycles. The monoisotopic (exact) mass is 419 g/mol. The molecule has 0 unspecified atom stereocenters. The largest absolute Gasteiger partial charge is 0.494 e. The van der Waals surface area contributed by atoms with Crippen molar-refractivity contribution in [2.75, 3.05) is 33.3 Å². The first-order chi connectivity index (χ1) is 13.6. The van der Waals surface area contributed by atoms with Crippen LogP contribution in [0.2, 0.25) is 10.0 Å². The molecular weight excluding hydrogens is 397 g/mol. The lowest BCUT2D eigenvalue weighted by Crippen LogP contribution is -2.57. The van der Waals surface area contributed by atoms with E-state index >= 15 is 0 Å². The maximum absolute atomic E-state index is 13.0. The van der Waals surface area contributed by atoms with Crippen molar-refractivity contribution < 1.29 is 9.53 Å². The van der Waals surface area contributed by atoms with Crippen molar-refractivity contribution in [2.45, 2.75) is 24.8 Å². The fourth-order valence-electron chi connectivity index (χ4n) is 4.25. The predicted molar refractivity (Wildman–Crippen MR) is 110 cm³/mol. The maximum Gasteiger partial charge on any atom is 0.257 e. The Morgan fingerprint density at radius 2 is 1.89 bits per heavy atom. The molecule has 7 heteroatoms. The number of pyridine rings is 1. The fourth-order valence-corrected chi connectivity index (χ4v) is 4.64. The summed E-state index contributed by atoms with van der Waals surface area (Å²) in [6, 6.07) is 8.57. The standard InChI is InChI=1S/C21H23Cl2N3O2/c1-28-19-11-24-10-18(20(19)23)21(27)26-9-8-25-12-15(4-7-17(25)13-26)14-2-5-16(22)6-3-14/h2-3,5-6,10-11,15,17H,4,7-9,12-13H2,1H3/t15-,17+/m0/s1. The lowest BCUT2D eigenvalue weighted by molar-refractivity contribution is 0.0329. The minimum atomic E-state index is -0.0733. The smallest absolute Gasteiger partial charge is 0.257 e. The molecule has 2 atom stereocenters. The number of benzene rings is 1. The summed E-state index contributed by atoms with van der Waals surface area (Å²) in [6.45, 7) is 3.31.